The standard InChI is InChI=1S/C14H13Cl2NO4S/c15-10-7-9(22(16,20)21)3-4-11(10)17-12(18)8-14(13(17)19)5-1-2-6-14/h3-4,7H,1-2,5-6,8H2. The van der Waals surface area contributed by atoms with Gasteiger partial charge in [0.05, 0.1) is 21.0 Å². The number of hydrogen-bond acceptors (Lipinski definition) is 4. The van der Waals surface area contributed by atoms with Crippen molar-refractivity contribution >= 4 is 48.8 Å². The fraction of sp³-hybridized carbons (Fsp3) is 0.429. The molecule has 1 aromatic rings. The summed E-state index contributed by atoms with van der Waals surface area (Å²) in [5, 5.41) is 0.0125. The number of amides is 2. The lowest BCUT2D eigenvalue weighted by Gasteiger charge is -2.21. The van der Waals surface area contributed by atoms with Crippen molar-refractivity contribution in [2.24, 2.45) is 5.41 Å². The van der Waals surface area contributed by atoms with E-state index in [0.717, 1.165) is 23.8 Å². The van der Waals surface area contributed by atoms with Crippen molar-refractivity contribution in [3.05, 3.63) is 23.2 Å². The van der Waals surface area contributed by atoms with Gasteiger partial charge in [0.15, 0.2) is 0 Å². The van der Waals surface area contributed by atoms with Gasteiger partial charge < -0.3 is 0 Å². The Hall–Kier alpha value is -1.11. The molecule has 1 aliphatic carbocycles. The van der Waals surface area contributed by atoms with Gasteiger partial charge in [-0.15, -0.1) is 0 Å². The lowest BCUT2D eigenvalue weighted by atomic mass is 9.84. The molecular weight excluding hydrogens is 349 g/mol. The molecule has 2 fully saturated rings. The Morgan fingerprint density at radius 1 is 1.14 bits per heavy atom. The van der Waals surface area contributed by atoms with Crippen molar-refractivity contribution in [2.45, 2.75) is 37.0 Å². The topological polar surface area (TPSA) is 71.5 Å². The molecule has 118 valence electrons. The molecule has 2 aliphatic rings. The summed E-state index contributed by atoms with van der Waals surface area (Å²) in [6.45, 7) is 0. The fourth-order valence-corrected chi connectivity index (χ4v) is 4.41. The second-order valence-electron chi connectivity index (χ2n) is 5.75. The van der Waals surface area contributed by atoms with Gasteiger partial charge in [-0.2, -0.15) is 0 Å². The monoisotopic (exact) mass is 361 g/mol. The van der Waals surface area contributed by atoms with Crippen LogP contribution in [-0.2, 0) is 18.6 Å². The first kappa shape index (κ1) is 15.8. The summed E-state index contributed by atoms with van der Waals surface area (Å²) in [5.74, 6) is -0.534. The van der Waals surface area contributed by atoms with Crippen LogP contribution < -0.4 is 4.90 Å². The average molecular weight is 362 g/mol. The first-order valence-electron chi connectivity index (χ1n) is 6.86. The smallest absolute Gasteiger partial charge is 0.261 e. The highest BCUT2D eigenvalue weighted by Gasteiger charge is 2.53. The number of imide groups is 1. The van der Waals surface area contributed by atoms with E-state index in [2.05, 4.69) is 0 Å². The zero-order chi connectivity index (χ0) is 16.1. The quantitative estimate of drug-likeness (QED) is 0.599. The number of nitrogens with zero attached hydrogens (tertiary/aromatic N) is 1. The van der Waals surface area contributed by atoms with Crippen LogP contribution in [0.25, 0.3) is 0 Å². The van der Waals surface area contributed by atoms with E-state index in [-0.39, 0.29) is 33.8 Å². The van der Waals surface area contributed by atoms with Crippen molar-refractivity contribution in [3.8, 4) is 0 Å². The molecule has 0 aromatic heterocycles. The molecule has 0 radical (unpaired) electrons. The van der Waals surface area contributed by atoms with Crippen LogP contribution in [0.3, 0.4) is 0 Å². The predicted octanol–water partition coefficient (Wildman–Crippen LogP) is 3.09. The van der Waals surface area contributed by atoms with Crippen LogP contribution in [0.5, 0.6) is 0 Å². The summed E-state index contributed by atoms with van der Waals surface area (Å²) in [4.78, 5) is 25.9. The minimum Gasteiger partial charge on any atom is -0.274 e. The summed E-state index contributed by atoms with van der Waals surface area (Å²) in [5.41, 5.74) is -0.387. The predicted molar refractivity (Wildman–Crippen MR) is 82.5 cm³/mol. The highest BCUT2D eigenvalue weighted by atomic mass is 35.7. The Balaban J connectivity index is 2.01. The number of hydrogen-bond donors (Lipinski definition) is 0. The molecule has 1 saturated carbocycles. The molecule has 1 spiro atoms. The summed E-state index contributed by atoms with van der Waals surface area (Å²) >= 11 is 6.07. The van der Waals surface area contributed by atoms with Crippen LogP contribution in [0.4, 0.5) is 5.69 Å². The number of rotatable bonds is 2. The van der Waals surface area contributed by atoms with Gasteiger partial charge in [0, 0.05) is 17.1 Å². The van der Waals surface area contributed by atoms with Crippen LogP contribution >= 0.6 is 22.3 Å². The Morgan fingerprint density at radius 2 is 1.77 bits per heavy atom. The third kappa shape index (κ3) is 2.43. The van der Waals surface area contributed by atoms with Crippen LogP contribution in [0, 0.1) is 5.41 Å². The van der Waals surface area contributed by atoms with Crippen molar-refractivity contribution in [2.75, 3.05) is 4.90 Å². The largest absolute Gasteiger partial charge is 0.274 e. The van der Waals surface area contributed by atoms with Gasteiger partial charge in [-0.25, -0.2) is 13.3 Å². The Morgan fingerprint density at radius 3 is 2.32 bits per heavy atom. The van der Waals surface area contributed by atoms with Gasteiger partial charge >= 0.3 is 0 Å². The molecule has 0 unspecified atom stereocenters. The van der Waals surface area contributed by atoms with E-state index in [9.17, 15) is 18.0 Å². The molecule has 5 nitrogen and oxygen atoms in total. The third-order valence-electron chi connectivity index (χ3n) is 4.40. The lowest BCUT2D eigenvalue weighted by molar-refractivity contribution is -0.125. The van der Waals surface area contributed by atoms with E-state index in [4.69, 9.17) is 22.3 Å². The van der Waals surface area contributed by atoms with Crippen LogP contribution in [-0.4, -0.2) is 20.2 Å². The number of carbonyl (C=O) groups is 2. The molecule has 0 N–H and O–H groups in total. The molecular formula is C14H13Cl2NO4S. The highest BCUT2D eigenvalue weighted by Crippen LogP contribution is 2.48. The van der Waals surface area contributed by atoms with E-state index >= 15 is 0 Å². The Bertz CT molecular complexity index is 769. The average Bonchev–Trinajstić information content (AvgIpc) is 2.97. The van der Waals surface area contributed by atoms with E-state index in [1.165, 1.54) is 12.1 Å². The second-order valence-corrected chi connectivity index (χ2v) is 8.72. The van der Waals surface area contributed by atoms with Gasteiger partial charge in [-0.3, -0.25) is 9.59 Å². The Kier molecular flexibility index (Phi) is 3.74. The summed E-state index contributed by atoms with van der Waals surface area (Å²) in [6.07, 6.45) is 3.48. The summed E-state index contributed by atoms with van der Waals surface area (Å²) in [7, 11) is 1.35. The Labute approximate surface area is 137 Å². The van der Waals surface area contributed by atoms with E-state index in [1.54, 1.807) is 0 Å². The van der Waals surface area contributed by atoms with Crippen LogP contribution in [0.1, 0.15) is 32.1 Å². The normalized spacial score (nSPS) is 21.1. The van der Waals surface area contributed by atoms with Crippen LogP contribution in [0.2, 0.25) is 5.02 Å². The van der Waals surface area contributed by atoms with E-state index in [1.807, 2.05) is 0 Å². The molecule has 1 aromatic carbocycles. The number of anilines is 1. The molecule has 1 aliphatic heterocycles. The van der Waals surface area contributed by atoms with E-state index in [0.29, 0.717) is 12.8 Å². The molecule has 1 saturated heterocycles. The van der Waals surface area contributed by atoms with Gasteiger partial charge in [0.1, 0.15) is 0 Å². The highest BCUT2D eigenvalue weighted by molar-refractivity contribution is 8.13. The fourth-order valence-electron chi connectivity index (χ4n) is 3.30. The van der Waals surface area contributed by atoms with Gasteiger partial charge in [0.25, 0.3) is 9.05 Å². The van der Waals surface area contributed by atoms with Crippen molar-refractivity contribution in [3.63, 3.8) is 0 Å². The first-order valence-corrected chi connectivity index (χ1v) is 9.55. The van der Waals surface area contributed by atoms with Crippen molar-refractivity contribution in [1.82, 2.24) is 0 Å². The molecule has 2 amide bonds. The lowest BCUT2D eigenvalue weighted by Crippen LogP contribution is -2.34. The zero-order valence-electron chi connectivity index (χ0n) is 11.5. The molecule has 0 bridgehead atoms. The van der Waals surface area contributed by atoms with E-state index < -0.39 is 14.5 Å². The first-order chi connectivity index (χ1) is 10.2. The third-order valence-corrected chi connectivity index (χ3v) is 6.05. The van der Waals surface area contributed by atoms with Crippen molar-refractivity contribution < 1.29 is 18.0 Å². The molecule has 8 heteroatoms. The molecule has 3 rings (SSSR count). The van der Waals surface area contributed by atoms with Crippen molar-refractivity contribution in [1.29, 1.82) is 0 Å². The van der Waals surface area contributed by atoms with Gasteiger partial charge in [-0.05, 0) is 31.0 Å². The van der Waals surface area contributed by atoms with Crippen LogP contribution in [0.15, 0.2) is 23.1 Å². The zero-order valence-corrected chi connectivity index (χ0v) is 13.8. The summed E-state index contributed by atoms with van der Waals surface area (Å²) < 4.78 is 22.6. The van der Waals surface area contributed by atoms with Gasteiger partial charge in [0.2, 0.25) is 11.8 Å². The molecule has 22 heavy (non-hydrogen) atoms. The summed E-state index contributed by atoms with van der Waals surface area (Å²) in [6, 6.07) is 3.74. The maximum atomic E-state index is 12.7. The number of halogens is 2. The van der Waals surface area contributed by atoms with Gasteiger partial charge in [-0.1, -0.05) is 24.4 Å². The number of benzene rings is 1. The second kappa shape index (κ2) is 5.22. The maximum Gasteiger partial charge on any atom is 0.261 e. The number of carbonyl (C=O) groups excluding carboxylic acids is 2. The molecule has 0 atom stereocenters. The minimum absolute atomic E-state index is 0.0125. The SMILES string of the molecule is O=C1CC2(CCCC2)C(=O)N1c1ccc(S(=O)(=O)Cl)cc1Cl. The maximum absolute atomic E-state index is 12.7. The molecule has 1 heterocycles. The minimum atomic E-state index is -3.92.